The van der Waals surface area contributed by atoms with Gasteiger partial charge in [-0.15, -0.1) is 0 Å². The van der Waals surface area contributed by atoms with E-state index >= 15 is 0 Å². The van der Waals surface area contributed by atoms with Crippen molar-refractivity contribution < 1.29 is 4.79 Å². The number of amides is 1. The number of rotatable bonds is 3. The van der Waals surface area contributed by atoms with Crippen LogP contribution in [-0.2, 0) is 19.4 Å². The quantitative estimate of drug-likeness (QED) is 0.660. The molecule has 1 amide bonds. The fourth-order valence-electron chi connectivity index (χ4n) is 3.44. The van der Waals surface area contributed by atoms with Crippen LogP contribution in [0.5, 0.6) is 0 Å². The Morgan fingerprint density at radius 3 is 2.77 bits per heavy atom. The molecule has 132 valence electrons. The summed E-state index contributed by atoms with van der Waals surface area (Å²) in [7, 11) is 0. The third-order valence-electron chi connectivity index (χ3n) is 4.80. The molecule has 0 saturated heterocycles. The standard InChI is InChI=1S/C21H18Cl2N2O/c22-15-5-3-4-13(10-15)12-24-21(26)14-8-9-17-19(11-14)25-18-7-2-1-6-16(18)20(17)23/h3-5,8-11H,1-2,6-7,12H2,(H,24,26). The number of carbonyl (C=O) groups excluding carboxylic acids is 1. The highest BCUT2D eigenvalue weighted by molar-refractivity contribution is 6.36. The van der Waals surface area contributed by atoms with Crippen LogP contribution in [0.4, 0.5) is 0 Å². The lowest BCUT2D eigenvalue weighted by Crippen LogP contribution is -2.22. The molecule has 0 bridgehead atoms. The van der Waals surface area contributed by atoms with E-state index in [1.165, 1.54) is 5.56 Å². The maximum atomic E-state index is 12.5. The van der Waals surface area contributed by atoms with E-state index in [4.69, 9.17) is 28.2 Å². The van der Waals surface area contributed by atoms with Crippen LogP contribution in [0, 0.1) is 0 Å². The van der Waals surface area contributed by atoms with Gasteiger partial charge in [-0.1, -0.05) is 41.4 Å². The van der Waals surface area contributed by atoms with Crippen LogP contribution in [-0.4, -0.2) is 10.9 Å². The van der Waals surface area contributed by atoms with Gasteiger partial charge in [-0.05, 0) is 61.1 Å². The van der Waals surface area contributed by atoms with Gasteiger partial charge in [-0.25, -0.2) is 0 Å². The fraction of sp³-hybridized carbons (Fsp3) is 0.238. The Morgan fingerprint density at radius 1 is 1.08 bits per heavy atom. The van der Waals surface area contributed by atoms with Gasteiger partial charge in [-0.3, -0.25) is 9.78 Å². The van der Waals surface area contributed by atoms with E-state index in [9.17, 15) is 4.79 Å². The molecular formula is C21H18Cl2N2O. The maximum absolute atomic E-state index is 12.5. The molecule has 1 heterocycles. The lowest BCUT2D eigenvalue weighted by molar-refractivity contribution is 0.0951. The molecule has 0 saturated carbocycles. The molecule has 3 nitrogen and oxygen atoms in total. The summed E-state index contributed by atoms with van der Waals surface area (Å²) in [6.07, 6.45) is 4.24. The minimum atomic E-state index is -0.137. The molecule has 1 aromatic heterocycles. The summed E-state index contributed by atoms with van der Waals surface area (Å²) < 4.78 is 0. The molecule has 1 N–H and O–H groups in total. The van der Waals surface area contributed by atoms with Gasteiger partial charge in [0.15, 0.2) is 0 Å². The van der Waals surface area contributed by atoms with Crippen molar-refractivity contribution in [3.05, 3.63) is 74.9 Å². The first kappa shape index (κ1) is 17.3. The van der Waals surface area contributed by atoms with E-state index in [0.717, 1.165) is 52.9 Å². The van der Waals surface area contributed by atoms with Crippen molar-refractivity contribution in [1.82, 2.24) is 10.3 Å². The Bertz CT molecular complexity index is 1000. The highest BCUT2D eigenvalue weighted by atomic mass is 35.5. The van der Waals surface area contributed by atoms with E-state index in [0.29, 0.717) is 17.1 Å². The van der Waals surface area contributed by atoms with E-state index in [2.05, 4.69) is 5.32 Å². The Kier molecular flexibility index (Phi) is 4.84. The predicted octanol–water partition coefficient (Wildman–Crippen LogP) is 5.35. The van der Waals surface area contributed by atoms with Gasteiger partial charge in [0.2, 0.25) is 0 Å². The summed E-state index contributed by atoms with van der Waals surface area (Å²) in [5, 5.41) is 5.29. The van der Waals surface area contributed by atoms with Crippen molar-refractivity contribution in [3.63, 3.8) is 0 Å². The summed E-state index contributed by atoms with van der Waals surface area (Å²) in [6.45, 7) is 0.426. The SMILES string of the molecule is O=C(NCc1cccc(Cl)c1)c1ccc2c(Cl)c3c(nc2c1)CCCC3. The number of hydrogen-bond acceptors (Lipinski definition) is 2. The van der Waals surface area contributed by atoms with E-state index < -0.39 is 0 Å². The molecule has 26 heavy (non-hydrogen) atoms. The van der Waals surface area contributed by atoms with Gasteiger partial charge >= 0.3 is 0 Å². The Balaban J connectivity index is 1.59. The Labute approximate surface area is 162 Å². The van der Waals surface area contributed by atoms with Crippen molar-refractivity contribution in [2.24, 2.45) is 0 Å². The highest BCUT2D eigenvalue weighted by Gasteiger charge is 2.18. The number of fused-ring (bicyclic) bond motifs is 2. The zero-order valence-corrected chi connectivity index (χ0v) is 15.7. The van der Waals surface area contributed by atoms with Gasteiger partial charge in [0.25, 0.3) is 5.91 Å². The van der Waals surface area contributed by atoms with Gasteiger partial charge in [0.05, 0.1) is 10.5 Å². The molecule has 1 aliphatic carbocycles. The Morgan fingerprint density at radius 2 is 1.92 bits per heavy atom. The van der Waals surface area contributed by atoms with Gasteiger partial charge < -0.3 is 5.32 Å². The van der Waals surface area contributed by atoms with Crippen molar-refractivity contribution >= 4 is 40.0 Å². The lowest BCUT2D eigenvalue weighted by atomic mass is 9.94. The summed E-state index contributed by atoms with van der Waals surface area (Å²) >= 11 is 12.6. The predicted molar refractivity (Wildman–Crippen MR) is 106 cm³/mol. The number of hydrogen-bond donors (Lipinski definition) is 1. The third kappa shape index (κ3) is 3.42. The smallest absolute Gasteiger partial charge is 0.251 e. The molecule has 0 atom stereocenters. The van der Waals surface area contributed by atoms with Crippen LogP contribution in [0.2, 0.25) is 10.0 Å². The second-order valence-corrected chi connectivity index (χ2v) is 7.42. The second kappa shape index (κ2) is 7.26. The maximum Gasteiger partial charge on any atom is 0.251 e. The van der Waals surface area contributed by atoms with Crippen molar-refractivity contribution in [1.29, 1.82) is 0 Å². The first-order valence-electron chi connectivity index (χ1n) is 8.75. The highest BCUT2D eigenvalue weighted by Crippen LogP contribution is 2.33. The van der Waals surface area contributed by atoms with Crippen molar-refractivity contribution in [2.45, 2.75) is 32.2 Å². The lowest BCUT2D eigenvalue weighted by Gasteiger charge is -2.18. The normalized spacial score (nSPS) is 13.5. The van der Waals surface area contributed by atoms with E-state index in [-0.39, 0.29) is 5.91 Å². The molecular weight excluding hydrogens is 367 g/mol. The summed E-state index contributed by atoms with van der Waals surface area (Å²) in [4.78, 5) is 17.3. The zero-order valence-electron chi connectivity index (χ0n) is 14.2. The van der Waals surface area contributed by atoms with Gasteiger partial charge in [0, 0.05) is 28.2 Å². The fourth-order valence-corrected chi connectivity index (χ4v) is 4.02. The Hall–Kier alpha value is -2.10. The van der Waals surface area contributed by atoms with Crippen molar-refractivity contribution in [3.8, 4) is 0 Å². The zero-order chi connectivity index (χ0) is 18.1. The first-order valence-corrected chi connectivity index (χ1v) is 9.51. The monoisotopic (exact) mass is 384 g/mol. The molecule has 0 spiro atoms. The molecule has 0 fully saturated rings. The summed E-state index contributed by atoms with van der Waals surface area (Å²) in [6, 6.07) is 13.0. The third-order valence-corrected chi connectivity index (χ3v) is 5.46. The van der Waals surface area contributed by atoms with E-state index in [1.807, 2.05) is 36.4 Å². The number of benzene rings is 2. The topological polar surface area (TPSA) is 42.0 Å². The van der Waals surface area contributed by atoms with Crippen LogP contribution in [0.25, 0.3) is 10.9 Å². The average Bonchev–Trinajstić information content (AvgIpc) is 2.66. The number of aromatic nitrogens is 1. The number of pyridine rings is 1. The van der Waals surface area contributed by atoms with Crippen LogP contribution < -0.4 is 5.32 Å². The summed E-state index contributed by atoms with van der Waals surface area (Å²) in [5.74, 6) is -0.137. The number of halogens is 2. The average molecular weight is 385 g/mol. The molecule has 0 aliphatic heterocycles. The van der Waals surface area contributed by atoms with Gasteiger partial charge in [-0.2, -0.15) is 0 Å². The van der Waals surface area contributed by atoms with Crippen LogP contribution >= 0.6 is 23.2 Å². The number of nitrogens with zero attached hydrogens (tertiary/aromatic N) is 1. The number of nitrogens with one attached hydrogen (secondary N) is 1. The molecule has 4 rings (SSSR count). The largest absolute Gasteiger partial charge is 0.348 e. The first-order chi connectivity index (χ1) is 12.6. The molecule has 1 aliphatic rings. The molecule has 0 radical (unpaired) electrons. The molecule has 5 heteroatoms. The van der Waals surface area contributed by atoms with Crippen LogP contribution in [0.3, 0.4) is 0 Å². The number of carbonyl (C=O) groups is 1. The van der Waals surface area contributed by atoms with E-state index in [1.54, 1.807) is 6.07 Å². The molecule has 2 aromatic carbocycles. The molecule has 3 aromatic rings. The minimum Gasteiger partial charge on any atom is -0.348 e. The molecule has 0 unspecified atom stereocenters. The minimum absolute atomic E-state index is 0.137. The second-order valence-electron chi connectivity index (χ2n) is 6.60. The van der Waals surface area contributed by atoms with Gasteiger partial charge in [0.1, 0.15) is 0 Å². The summed E-state index contributed by atoms with van der Waals surface area (Å²) in [5.41, 5.74) is 4.57. The van der Waals surface area contributed by atoms with Crippen LogP contribution in [0.1, 0.15) is 40.0 Å². The van der Waals surface area contributed by atoms with Crippen LogP contribution in [0.15, 0.2) is 42.5 Å². The van der Waals surface area contributed by atoms with Crippen molar-refractivity contribution in [2.75, 3.05) is 0 Å². The number of aryl methyl sites for hydroxylation is 1.